The number of alkyl halides is 1. The zero-order valence-corrected chi connectivity index (χ0v) is 16.4. The van der Waals surface area contributed by atoms with Gasteiger partial charge in [-0.3, -0.25) is 9.59 Å². The van der Waals surface area contributed by atoms with E-state index >= 15 is 0 Å². The Kier molecular flexibility index (Phi) is 6.77. The molecule has 1 aromatic carbocycles. The summed E-state index contributed by atoms with van der Waals surface area (Å²) in [4.78, 5) is 25.7. The summed E-state index contributed by atoms with van der Waals surface area (Å²) in [5, 5.41) is 2.38. The molecule has 1 aliphatic rings. The van der Waals surface area contributed by atoms with Crippen LogP contribution in [0.1, 0.15) is 12.0 Å². The Morgan fingerprint density at radius 3 is 2.70 bits per heavy atom. The first-order valence-corrected chi connectivity index (χ1v) is 10.3. The van der Waals surface area contributed by atoms with Crippen molar-refractivity contribution >= 4 is 33.4 Å². The van der Waals surface area contributed by atoms with Crippen molar-refractivity contribution in [3.05, 3.63) is 34.6 Å². The molecule has 0 spiro atoms. The zero-order chi connectivity index (χ0) is 20.4. The summed E-state index contributed by atoms with van der Waals surface area (Å²) in [6.07, 6.45) is -0.680. The van der Waals surface area contributed by atoms with Gasteiger partial charge in [0.15, 0.2) is 0 Å². The summed E-state index contributed by atoms with van der Waals surface area (Å²) < 4.78 is 51.4. The van der Waals surface area contributed by atoms with Crippen LogP contribution in [0.5, 0.6) is 0 Å². The fourth-order valence-corrected chi connectivity index (χ4v) is 3.23. The van der Waals surface area contributed by atoms with E-state index in [1.54, 1.807) is 0 Å². The van der Waals surface area contributed by atoms with E-state index in [9.17, 15) is 26.8 Å². The van der Waals surface area contributed by atoms with Crippen molar-refractivity contribution in [1.82, 2.24) is 14.5 Å². The minimum absolute atomic E-state index is 0.0907. The quantitative estimate of drug-likeness (QED) is 0.737. The van der Waals surface area contributed by atoms with Crippen molar-refractivity contribution in [1.29, 1.82) is 0 Å². The number of nitrogens with one attached hydrogen (secondary N) is 1. The SMILES string of the molecule is CN(CC(=O)N1C[C@H](F)CC1C(=O)NCc1cccc(Cl)c1F)S(C)(=O)=O. The molecule has 0 saturated carbocycles. The van der Waals surface area contributed by atoms with Gasteiger partial charge in [0.2, 0.25) is 21.8 Å². The van der Waals surface area contributed by atoms with Crippen LogP contribution in [0.2, 0.25) is 5.02 Å². The van der Waals surface area contributed by atoms with E-state index in [1.807, 2.05) is 0 Å². The lowest BCUT2D eigenvalue weighted by molar-refractivity contribution is -0.138. The summed E-state index contributed by atoms with van der Waals surface area (Å²) in [7, 11) is -2.38. The minimum atomic E-state index is -3.60. The van der Waals surface area contributed by atoms with Crippen molar-refractivity contribution in [3.63, 3.8) is 0 Å². The first-order valence-electron chi connectivity index (χ1n) is 8.06. The van der Waals surface area contributed by atoms with Crippen LogP contribution < -0.4 is 5.32 Å². The Morgan fingerprint density at radius 2 is 2.07 bits per heavy atom. The highest BCUT2D eigenvalue weighted by Crippen LogP contribution is 2.22. The molecule has 27 heavy (non-hydrogen) atoms. The molecule has 0 bridgehead atoms. The number of nitrogens with zero attached hydrogens (tertiary/aromatic N) is 2. The molecule has 1 aliphatic heterocycles. The third-order valence-corrected chi connectivity index (χ3v) is 5.84. The summed E-state index contributed by atoms with van der Waals surface area (Å²) in [5.41, 5.74) is 0.153. The number of amides is 2. The van der Waals surface area contributed by atoms with Crippen molar-refractivity contribution < 1.29 is 26.8 Å². The van der Waals surface area contributed by atoms with Crippen LogP contribution in [0.25, 0.3) is 0 Å². The molecule has 1 fully saturated rings. The molecule has 150 valence electrons. The normalized spacial score (nSPS) is 20.1. The van der Waals surface area contributed by atoms with E-state index in [2.05, 4.69) is 5.32 Å². The number of benzene rings is 1. The molecular weight excluding hydrogens is 404 g/mol. The number of likely N-dealkylation sites (tertiary alicyclic amines) is 1. The van der Waals surface area contributed by atoms with Gasteiger partial charge in [0.05, 0.1) is 24.4 Å². The molecule has 0 aromatic heterocycles. The van der Waals surface area contributed by atoms with Gasteiger partial charge in [-0.05, 0) is 6.07 Å². The third-order valence-electron chi connectivity index (χ3n) is 4.28. The Bertz CT molecular complexity index is 837. The second-order valence-electron chi connectivity index (χ2n) is 6.34. The lowest BCUT2D eigenvalue weighted by Gasteiger charge is -2.25. The van der Waals surface area contributed by atoms with Crippen LogP contribution in [0.15, 0.2) is 18.2 Å². The number of likely N-dealkylation sites (N-methyl/N-ethyl adjacent to an activating group) is 1. The van der Waals surface area contributed by atoms with Gasteiger partial charge in [-0.1, -0.05) is 23.7 Å². The van der Waals surface area contributed by atoms with Crippen LogP contribution in [-0.4, -0.2) is 68.0 Å². The maximum absolute atomic E-state index is 13.9. The lowest BCUT2D eigenvalue weighted by atomic mass is 10.1. The number of halogens is 3. The van der Waals surface area contributed by atoms with E-state index in [0.29, 0.717) is 0 Å². The maximum atomic E-state index is 13.9. The second kappa shape index (κ2) is 8.49. The van der Waals surface area contributed by atoms with E-state index in [1.165, 1.54) is 25.2 Å². The number of hydrogen-bond acceptors (Lipinski definition) is 4. The Labute approximate surface area is 161 Å². The van der Waals surface area contributed by atoms with Crippen LogP contribution in [0.3, 0.4) is 0 Å². The molecule has 0 radical (unpaired) electrons. The van der Waals surface area contributed by atoms with Gasteiger partial charge in [-0.15, -0.1) is 0 Å². The molecule has 1 saturated heterocycles. The van der Waals surface area contributed by atoms with Crippen LogP contribution in [0, 0.1) is 5.82 Å². The summed E-state index contributed by atoms with van der Waals surface area (Å²) in [6, 6.07) is 3.24. The van der Waals surface area contributed by atoms with E-state index < -0.39 is 46.4 Å². The van der Waals surface area contributed by atoms with Crippen molar-refractivity contribution in [2.24, 2.45) is 0 Å². The summed E-state index contributed by atoms with van der Waals surface area (Å²) >= 11 is 5.68. The number of carbonyl (C=O) groups excluding carboxylic acids is 2. The number of sulfonamides is 1. The maximum Gasteiger partial charge on any atom is 0.243 e. The molecule has 2 rings (SSSR count). The molecule has 0 aliphatic carbocycles. The fourth-order valence-electron chi connectivity index (χ4n) is 2.69. The molecule has 11 heteroatoms. The molecule has 1 N–H and O–H groups in total. The third kappa shape index (κ3) is 5.36. The largest absolute Gasteiger partial charge is 0.350 e. The van der Waals surface area contributed by atoms with Gasteiger partial charge in [0.25, 0.3) is 0 Å². The molecule has 1 aromatic rings. The molecule has 1 unspecified atom stereocenters. The average molecular weight is 424 g/mol. The first kappa shape index (κ1) is 21.5. The smallest absolute Gasteiger partial charge is 0.243 e. The molecule has 2 amide bonds. The summed E-state index contributed by atoms with van der Waals surface area (Å²) in [5.74, 6) is -2.00. The number of carbonyl (C=O) groups is 2. The zero-order valence-electron chi connectivity index (χ0n) is 14.8. The minimum Gasteiger partial charge on any atom is -0.350 e. The van der Waals surface area contributed by atoms with E-state index in [0.717, 1.165) is 15.5 Å². The standard InChI is InChI=1S/C16H20ClF2N3O4S/c1-21(27(2,25)26)9-14(23)22-8-11(18)6-13(22)16(24)20-7-10-4-3-5-12(17)15(10)19/h3-5,11,13H,6-9H2,1-2H3,(H,20,24)/t11-,13?/m1/s1. The highest BCUT2D eigenvalue weighted by molar-refractivity contribution is 7.88. The average Bonchev–Trinajstić information content (AvgIpc) is 2.97. The predicted octanol–water partition coefficient (Wildman–Crippen LogP) is 0.926. The van der Waals surface area contributed by atoms with Gasteiger partial charge >= 0.3 is 0 Å². The van der Waals surface area contributed by atoms with E-state index in [4.69, 9.17) is 11.6 Å². The number of rotatable bonds is 6. The highest BCUT2D eigenvalue weighted by atomic mass is 35.5. The second-order valence-corrected chi connectivity index (χ2v) is 8.84. The molecule has 7 nitrogen and oxygen atoms in total. The van der Waals surface area contributed by atoms with Gasteiger partial charge in [0.1, 0.15) is 18.0 Å². The van der Waals surface area contributed by atoms with E-state index in [-0.39, 0.29) is 30.1 Å². The van der Waals surface area contributed by atoms with Gasteiger partial charge in [0, 0.05) is 25.6 Å². The van der Waals surface area contributed by atoms with Crippen LogP contribution in [0.4, 0.5) is 8.78 Å². The van der Waals surface area contributed by atoms with Gasteiger partial charge < -0.3 is 10.2 Å². The monoisotopic (exact) mass is 423 g/mol. The highest BCUT2D eigenvalue weighted by Gasteiger charge is 2.40. The van der Waals surface area contributed by atoms with Crippen LogP contribution >= 0.6 is 11.6 Å². The van der Waals surface area contributed by atoms with Crippen molar-refractivity contribution in [2.45, 2.75) is 25.2 Å². The molecule has 2 atom stereocenters. The topological polar surface area (TPSA) is 86.8 Å². The van der Waals surface area contributed by atoms with Gasteiger partial charge in [-0.2, -0.15) is 4.31 Å². The molecular formula is C16H20ClF2N3O4S. The van der Waals surface area contributed by atoms with Gasteiger partial charge in [-0.25, -0.2) is 17.2 Å². The Hall–Kier alpha value is -1.78. The van der Waals surface area contributed by atoms with Crippen molar-refractivity contribution in [2.75, 3.05) is 26.4 Å². The van der Waals surface area contributed by atoms with Crippen molar-refractivity contribution in [3.8, 4) is 0 Å². The lowest BCUT2D eigenvalue weighted by Crippen LogP contribution is -2.49. The predicted molar refractivity (Wildman–Crippen MR) is 95.7 cm³/mol. The molecule has 1 heterocycles. The van der Waals surface area contributed by atoms with Crippen LogP contribution in [-0.2, 0) is 26.2 Å². The summed E-state index contributed by atoms with van der Waals surface area (Å²) in [6.45, 7) is -0.984. The Morgan fingerprint density at radius 1 is 1.41 bits per heavy atom. The number of hydrogen-bond donors (Lipinski definition) is 1. The Balaban J connectivity index is 2.05. The fraction of sp³-hybridized carbons (Fsp3) is 0.500. The first-order chi connectivity index (χ1) is 12.5.